The van der Waals surface area contributed by atoms with Crippen molar-refractivity contribution in [1.82, 2.24) is 4.57 Å². The Labute approximate surface area is 166 Å². The van der Waals surface area contributed by atoms with Crippen LogP contribution in [-0.4, -0.2) is 28.0 Å². The molecule has 0 fully saturated rings. The van der Waals surface area contributed by atoms with E-state index in [1.165, 1.54) is 0 Å². The van der Waals surface area contributed by atoms with Gasteiger partial charge in [-0.15, -0.1) is 0 Å². The average Bonchev–Trinajstić information content (AvgIpc) is 3.05. The maximum atomic E-state index is 12.0. The van der Waals surface area contributed by atoms with Crippen LogP contribution in [0, 0.1) is 13.8 Å². The van der Waals surface area contributed by atoms with Gasteiger partial charge in [0.25, 0.3) is 0 Å². The van der Waals surface area contributed by atoms with E-state index in [9.17, 15) is 9.90 Å². The van der Waals surface area contributed by atoms with E-state index >= 15 is 0 Å². The highest BCUT2D eigenvalue weighted by molar-refractivity contribution is 9.10. The molecule has 0 spiro atoms. The lowest BCUT2D eigenvalue weighted by molar-refractivity contribution is -0.138. The third kappa shape index (κ3) is 3.62. The molecule has 27 heavy (non-hydrogen) atoms. The summed E-state index contributed by atoms with van der Waals surface area (Å²) >= 11 is 3.45. The fourth-order valence-corrected chi connectivity index (χ4v) is 3.47. The summed E-state index contributed by atoms with van der Waals surface area (Å²) in [7, 11) is 0. The molecule has 1 aromatic carbocycles. The summed E-state index contributed by atoms with van der Waals surface area (Å²) in [4.78, 5) is 16.4. The van der Waals surface area contributed by atoms with Gasteiger partial charge in [0.15, 0.2) is 5.76 Å². The number of nitrogens with zero attached hydrogens (tertiary/aromatic N) is 2. The molecule has 0 atom stereocenters. The van der Waals surface area contributed by atoms with Crippen LogP contribution < -0.4 is 0 Å². The van der Waals surface area contributed by atoms with E-state index in [0.717, 1.165) is 27.1 Å². The highest BCUT2D eigenvalue weighted by Crippen LogP contribution is 2.29. The number of aryl methyl sites for hydroxylation is 1. The summed E-state index contributed by atoms with van der Waals surface area (Å²) in [6, 6.07) is 10.1. The normalized spacial score (nSPS) is 15.4. The van der Waals surface area contributed by atoms with Gasteiger partial charge in [-0.05, 0) is 69.7 Å². The van der Waals surface area contributed by atoms with E-state index in [-0.39, 0.29) is 17.9 Å². The molecule has 0 amide bonds. The molecule has 0 radical (unpaired) electrons. The van der Waals surface area contributed by atoms with Crippen LogP contribution in [-0.2, 0) is 9.53 Å². The van der Waals surface area contributed by atoms with Gasteiger partial charge in [-0.2, -0.15) is 0 Å². The Hall–Kier alpha value is -2.60. The van der Waals surface area contributed by atoms with Crippen molar-refractivity contribution in [3.63, 3.8) is 0 Å². The van der Waals surface area contributed by atoms with Crippen molar-refractivity contribution in [2.45, 2.75) is 27.7 Å². The van der Waals surface area contributed by atoms with Gasteiger partial charge in [-0.1, -0.05) is 15.9 Å². The maximum absolute atomic E-state index is 12.0. The van der Waals surface area contributed by atoms with Crippen molar-refractivity contribution in [2.75, 3.05) is 6.61 Å². The SMILES string of the molecule is CCOC(=O)C1=C(O)/C(=C\c2cc(C)n(-c3ccc(Br)cc3)c2C)N=C1C. The summed E-state index contributed by atoms with van der Waals surface area (Å²) in [5.41, 5.74) is 5.02. The number of carbonyl (C=O) groups is 1. The molecule has 0 bridgehead atoms. The van der Waals surface area contributed by atoms with Crippen LogP contribution >= 0.6 is 15.9 Å². The molecule has 1 aliphatic rings. The van der Waals surface area contributed by atoms with Crippen molar-refractivity contribution < 1.29 is 14.6 Å². The lowest BCUT2D eigenvalue weighted by Gasteiger charge is -2.09. The van der Waals surface area contributed by atoms with Crippen LogP contribution in [0.3, 0.4) is 0 Å². The highest BCUT2D eigenvalue weighted by atomic mass is 79.9. The number of halogens is 1. The Morgan fingerprint density at radius 1 is 1.26 bits per heavy atom. The van der Waals surface area contributed by atoms with Gasteiger partial charge < -0.3 is 14.4 Å². The van der Waals surface area contributed by atoms with Gasteiger partial charge in [0.2, 0.25) is 0 Å². The van der Waals surface area contributed by atoms with Crippen LogP contribution in [0.4, 0.5) is 0 Å². The van der Waals surface area contributed by atoms with Crippen LogP contribution in [0.15, 0.2) is 56.8 Å². The first kappa shape index (κ1) is 19.2. The molecule has 2 heterocycles. The van der Waals surface area contributed by atoms with Crippen LogP contribution in [0.5, 0.6) is 0 Å². The predicted molar refractivity (Wildman–Crippen MR) is 110 cm³/mol. The first-order valence-electron chi connectivity index (χ1n) is 8.66. The second kappa shape index (κ2) is 7.56. The number of aliphatic hydroxyl groups excluding tert-OH is 1. The number of benzene rings is 1. The van der Waals surface area contributed by atoms with E-state index in [1.54, 1.807) is 19.9 Å². The van der Waals surface area contributed by atoms with E-state index in [0.29, 0.717) is 11.4 Å². The standard InChI is InChI=1S/C21H21BrN2O3/c1-5-27-21(26)19-13(3)23-18(20(19)25)11-15-10-12(2)24(14(15)4)17-8-6-16(22)7-9-17/h6-11,25H,5H2,1-4H3/b18-11+. The minimum absolute atomic E-state index is 0.129. The second-order valence-electron chi connectivity index (χ2n) is 6.31. The number of carbonyl (C=O) groups excluding carboxylic acids is 1. The third-order valence-corrected chi connectivity index (χ3v) is 4.98. The second-order valence-corrected chi connectivity index (χ2v) is 7.22. The molecule has 6 heteroatoms. The first-order valence-corrected chi connectivity index (χ1v) is 9.45. The van der Waals surface area contributed by atoms with Crippen molar-refractivity contribution in [3.8, 4) is 5.69 Å². The lowest BCUT2D eigenvalue weighted by Crippen LogP contribution is -2.13. The lowest BCUT2D eigenvalue weighted by atomic mass is 10.1. The van der Waals surface area contributed by atoms with Crippen molar-refractivity contribution in [1.29, 1.82) is 0 Å². The topological polar surface area (TPSA) is 63.8 Å². The molecule has 1 aromatic heterocycles. The third-order valence-electron chi connectivity index (χ3n) is 4.46. The molecule has 5 nitrogen and oxygen atoms in total. The van der Waals surface area contributed by atoms with E-state index < -0.39 is 5.97 Å². The van der Waals surface area contributed by atoms with Crippen molar-refractivity contribution in [3.05, 3.63) is 68.8 Å². The fraction of sp³-hybridized carbons (Fsp3) is 0.238. The molecule has 0 aliphatic carbocycles. The van der Waals surface area contributed by atoms with Gasteiger partial charge in [0.05, 0.1) is 12.3 Å². The summed E-state index contributed by atoms with van der Waals surface area (Å²) in [6.45, 7) is 7.70. The number of ether oxygens (including phenoxy) is 1. The number of esters is 1. The molecular weight excluding hydrogens is 408 g/mol. The summed E-state index contributed by atoms with van der Waals surface area (Å²) in [6.07, 6.45) is 1.79. The Morgan fingerprint density at radius 3 is 2.56 bits per heavy atom. The highest BCUT2D eigenvalue weighted by Gasteiger charge is 2.27. The van der Waals surface area contributed by atoms with Crippen molar-refractivity contribution >= 4 is 33.7 Å². The van der Waals surface area contributed by atoms with Crippen LogP contribution in [0.1, 0.15) is 30.8 Å². The molecule has 0 saturated carbocycles. The van der Waals surface area contributed by atoms with Crippen molar-refractivity contribution in [2.24, 2.45) is 4.99 Å². The zero-order valence-electron chi connectivity index (χ0n) is 15.7. The molecule has 0 saturated heterocycles. The van der Waals surface area contributed by atoms with Gasteiger partial charge >= 0.3 is 5.97 Å². The monoisotopic (exact) mass is 428 g/mol. The number of aromatic nitrogens is 1. The molecule has 0 unspecified atom stereocenters. The predicted octanol–water partition coefficient (Wildman–Crippen LogP) is 5.05. The number of rotatable bonds is 4. The van der Waals surface area contributed by atoms with E-state index in [2.05, 4.69) is 25.5 Å². The van der Waals surface area contributed by atoms with E-state index in [4.69, 9.17) is 4.74 Å². The first-order chi connectivity index (χ1) is 12.8. The summed E-state index contributed by atoms with van der Waals surface area (Å²) < 4.78 is 8.16. The molecule has 2 aromatic rings. The Kier molecular flexibility index (Phi) is 5.37. The molecule has 1 aliphatic heterocycles. The molecular formula is C21H21BrN2O3. The van der Waals surface area contributed by atoms with Gasteiger partial charge in [-0.3, -0.25) is 0 Å². The molecule has 3 rings (SSSR count). The van der Waals surface area contributed by atoms with Gasteiger partial charge in [-0.25, -0.2) is 9.79 Å². The van der Waals surface area contributed by atoms with Crippen LogP contribution in [0.2, 0.25) is 0 Å². The largest absolute Gasteiger partial charge is 0.505 e. The Bertz CT molecular complexity index is 995. The molecule has 1 N–H and O–H groups in total. The zero-order chi connectivity index (χ0) is 19.7. The molecule has 140 valence electrons. The number of hydrogen-bond donors (Lipinski definition) is 1. The van der Waals surface area contributed by atoms with E-state index in [1.807, 2.05) is 44.2 Å². The summed E-state index contributed by atoms with van der Waals surface area (Å²) in [5, 5.41) is 10.5. The van der Waals surface area contributed by atoms with Gasteiger partial charge in [0, 0.05) is 21.5 Å². The summed E-state index contributed by atoms with van der Waals surface area (Å²) in [5.74, 6) is -0.695. The fourth-order valence-electron chi connectivity index (χ4n) is 3.21. The van der Waals surface area contributed by atoms with Gasteiger partial charge in [0.1, 0.15) is 11.3 Å². The quantitative estimate of drug-likeness (QED) is 0.693. The average molecular weight is 429 g/mol. The number of aliphatic imine (C=N–C) groups is 1. The number of aliphatic hydroxyl groups is 1. The maximum Gasteiger partial charge on any atom is 0.343 e. The Morgan fingerprint density at radius 2 is 1.93 bits per heavy atom. The Balaban J connectivity index is 2.03. The smallest absolute Gasteiger partial charge is 0.343 e. The minimum Gasteiger partial charge on any atom is -0.505 e. The number of hydrogen-bond acceptors (Lipinski definition) is 4. The van der Waals surface area contributed by atoms with Crippen LogP contribution in [0.25, 0.3) is 11.8 Å². The zero-order valence-corrected chi connectivity index (χ0v) is 17.3. The minimum atomic E-state index is -0.556.